The minimum absolute atomic E-state index is 0.0416. The first-order valence-electron chi connectivity index (χ1n) is 7.06. The van der Waals surface area contributed by atoms with E-state index in [1.165, 1.54) is 16.2 Å². The van der Waals surface area contributed by atoms with Crippen molar-refractivity contribution < 1.29 is 14.3 Å². The number of ether oxygens (including phenoxy) is 2. The molecule has 1 aromatic carbocycles. The summed E-state index contributed by atoms with van der Waals surface area (Å²) in [6.07, 6.45) is 0. The summed E-state index contributed by atoms with van der Waals surface area (Å²) in [7, 11) is 0. The van der Waals surface area contributed by atoms with E-state index in [9.17, 15) is 4.79 Å². The largest absolute Gasteiger partial charge is 0.489 e. The number of benzene rings is 1. The molecule has 3 nitrogen and oxygen atoms in total. The number of carbonyl (C=O) groups is 1. The Morgan fingerprint density at radius 1 is 1.14 bits per heavy atom. The van der Waals surface area contributed by atoms with Crippen molar-refractivity contribution in [3.8, 4) is 11.5 Å². The van der Waals surface area contributed by atoms with Gasteiger partial charge < -0.3 is 9.47 Å². The maximum atomic E-state index is 12.6. The molecule has 1 aliphatic heterocycles. The molecular formula is C17H18O3S. The van der Waals surface area contributed by atoms with Gasteiger partial charge in [0.15, 0.2) is 11.5 Å². The van der Waals surface area contributed by atoms with Crippen LogP contribution >= 0.6 is 11.3 Å². The highest BCUT2D eigenvalue weighted by Crippen LogP contribution is 2.33. The number of rotatable bonds is 2. The highest BCUT2D eigenvalue weighted by atomic mass is 32.1. The van der Waals surface area contributed by atoms with E-state index < -0.39 is 0 Å². The Morgan fingerprint density at radius 3 is 2.52 bits per heavy atom. The summed E-state index contributed by atoms with van der Waals surface area (Å²) in [5.41, 5.74) is 1.81. The fourth-order valence-electron chi connectivity index (χ4n) is 2.22. The van der Waals surface area contributed by atoms with E-state index in [0.29, 0.717) is 30.4 Å². The molecule has 0 saturated carbocycles. The molecule has 110 valence electrons. The molecule has 0 N–H and O–H groups in total. The number of ketones is 1. The Bertz CT molecular complexity index is 668. The van der Waals surface area contributed by atoms with Crippen LogP contribution in [0.3, 0.4) is 0 Å². The van der Waals surface area contributed by atoms with Crippen LogP contribution in [0.5, 0.6) is 11.5 Å². The van der Waals surface area contributed by atoms with Crippen molar-refractivity contribution >= 4 is 17.1 Å². The van der Waals surface area contributed by atoms with Gasteiger partial charge in [-0.2, -0.15) is 0 Å². The average Bonchev–Trinajstić information content (AvgIpc) is 2.70. The van der Waals surface area contributed by atoms with Crippen LogP contribution in [0.2, 0.25) is 0 Å². The van der Waals surface area contributed by atoms with Gasteiger partial charge in [-0.3, -0.25) is 4.79 Å². The molecular weight excluding hydrogens is 284 g/mol. The number of hydrogen-bond donors (Lipinski definition) is 0. The van der Waals surface area contributed by atoms with E-state index in [4.69, 9.17) is 9.47 Å². The lowest BCUT2D eigenvalue weighted by molar-refractivity contribution is 0.104. The second kappa shape index (κ2) is 5.53. The average molecular weight is 302 g/mol. The number of hydrogen-bond acceptors (Lipinski definition) is 4. The van der Waals surface area contributed by atoms with Gasteiger partial charge in [0, 0.05) is 16.4 Å². The quantitative estimate of drug-likeness (QED) is 0.787. The Kier molecular flexibility index (Phi) is 3.72. The van der Waals surface area contributed by atoms with Crippen LogP contribution in [0.25, 0.3) is 0 Å². The van der Waals surface area contributed by atoms with Crippen molar-refractivity contribution in [2.75, 3.05) is 13.2 Å². The molecule has 1 aliphatic rings. The smallest absolute Gasteiger partial charge is 0.203 e. The second-order valence-corrected chi connectivity index (χ2v) is 6.82. The highest BCUT2D eigenvalue weighted by molar-refractivity contribution is 7.14. The lowest BCUT2D eigenvalue weighted by Crippen LogP contribution is -2.12. The molecule has 0 spiro atoms. The minimum Gasteiger partial charge on any atom is -0.489 e. The molecule has 0 bridgehead atoms. The van der Waals surface area contributed by atoms with Crippen LogP contribution in [-0.4, -0.2) is 19.0 Å². The molecule has 2 heterocycles. The zero-order valence-electron chi connectivity index (χ0n) is 12.4. The molecule has 2 aromatic rings. The van der Waals surface area contributed by atoms with Crippen molar-refractivity contribution in [1.82, 2.24) is 0 Å². The Balaban J connectivity index is 1.91. The van der Waals surface area contributed by atoms with Crippen molar-refractivity contribution in [2.45, 2.75) is 20.8 Å². The third-order valence-corrected chi connectivity index (χ3v) is 4.79. The van der Waals surface area contributed by atoms with Gasteiger partial charge in [-0.15, -0.1) is 11.3 Å². The summed E-state index contributed by atoms with van der Waals surface area (Å²) in [6, 6.07) is 7.38. The number of thiophene rings is 1. The summed E-state index contributed by atoms with van der Waals surface area (Å²) < 4.78 is 11.4. The molecule has 1 aromatic heterocycles. The van der Waals surface area contributed by atoms with Crippen LogP contribution < -0.4 is 9.47 Å². The molecule has 0 amide bonds. The van der Waals surface area contributed by atoms with Gasteiger partial charge in [-0.25, -0.2) is 0 Å². The Hall–Kier alpha value is -1.81. The summed E-state index contributed by atoms with van der Waals surface area (Å²) in [5, 5.41) is 0. The van der Waals surface area contributed by atoms with Gasteiger partial charge >= 0.3 is 0 Å². The van der Waals surface area contributed by atoms with Gasteiger partial charge in [-0.05, 0) is 43.7 Å². The van der Waals surface area contributed by atoms with Crippen LogP contribution in [0.1, 0.15) is 32.6 Å². The van der Waals surface area contributed by atoms with Gasteiger partial charge in [0.2, 0.25) is 5.78 Å². The van der Waals surface area contributed by atoms with Gasteiger partial charge in [0.05, 0.1) is 18.1 Å². The lowest BCUT2D eigenvalue weighted by Gasteiger charge is -2.08. The van der Waals surface area contributed by atoms with Crippen LogP contribution in [0.15, 0.2) is 24.3 Å². The van der Waals surface area contributed by atoms with Crippen molar-refractivity contribution in [1.29, 1.82) is 0 Å². The molecule has 1 atom stereocenters. The number of aryl methyl sites for hydroxylation is 2. The van der Waals surface area contributed by atoms with Crippen molar-refractivity contribution in [3.63, 3.8) is 0 Å². The van der Waals surface area contributed by atoms with E-state index in [1.54, 1.807) is 6.07 Å². The molecule has 3 rings (SSSR count). The molecule has 1 unspecified atom stereocenters. The van der Waals surface area contributed by atoms with E-state index in [1.807, 2.05) is 32.0 Å². The zero-order chi connectivity index (χ0) is 15.0. The van der Waals surface area contributed by atoms with Gasteiger partial charge in [0.25, 0.3) is 0 Å². The highest BCUT2D eigenvalue weighted by Gasteiger charge is 2.19. The van der Waals surface area contributed by atoms with Crippen LogP contribution in [0.4, 0.5) is 0 Å². The predicted octanol–water partition coefficient (Wildman–Crippen LogP) is 4.00. The second-order valence-electron chi connectivity index (χ2n) is 5.57. The van der Waals surface area contributed by atoms with E-state index in [2.05, 4.69) is 6.92 Å². The van der Waals surface area contributed by atoms with Crippen molar-refractivity contribution in [3.05, 3.63) is 45.1 Å². The summed E-state index contributed by atoms with van der Waals surface area (Å²) in [4.78, 5) is 14.5. The van der Waals surface area contributed by atoms with Gasteiger partial charge in [-0.1, -0.05) is 6.92 Å². The lowest BCUT2D eigenvalue weighted by atomic mass is 10.1. The predicted molar refractivity (Wildman–Crippen MR) is 83.8 cm³/mol. The third kappa shape index (κ3) is 2.81. The maximum absolute atomic E-state index is 12.6. The van der Waals surface area contributed by atoms with Crippen molar-refractivity contribution in [2.24, 2.45) is 5.92 Å². The first-order chi connectivity index (χ1) is 10.0. The number of carbonyl (C=O) groups excluding carboxylic acids is 1. The maximum Gasteiger partial charge on any atom is 0.203 e. The first kappa shape index (κ1) is 14.1. The Morgan fingerprint density at radius 2 is 1.86 bits per heavy atom. The molecule has 21 heavy (non-hydrogen) atoms. The van der Waals surface area contributed by atoms with Crippen LogP contribution in [0, 0.1) is 19.8 Å². The molecule has 4 heteroatoms. The molecule has 0 fully saturated rings. The van der Waals surface area contributed by atoms with Gasteiger partial charge in [0.1, 0.15) is 0 Å². The SMILES string of the molecule is Cc1cc(C(=O)c2ccc3c(c2)OCC(C)CO3)sc1C. The fourth-order valence-corrected chi connectivity index (χ4v) is 3.22. The number of fused-ring (bicyclic) bond motifs is 1. The molecule has 0 saturated heterocycles. The topological polar surface area (TPSA) is 35.5 Å². The van der Waals surface area contributed by atoms with E-state index >= 15 is 0 Å². The van der Waals surface area contributed by atoms with Crippen LogP contribution in [-0.2, 0) is 0 Å². The molecule has 0 radical (unpaired) electrons. The first-order valence-corrected chi connectivity index (χ1v) is 7.87. The summed E-state index contributed by atoms with van der Waals surface area (Å²) >= 11 is 1.54. The molecule has 0 aliphatic carbocycles. The minimum atomic E-state index is 0.0416. The zero-order valence-corrected chi connectivity index (χ0v) is 13.3. The fraction of sp³-hybridized carbons (Fsp3) is 0.353. The standard InChI is InChI=1S/C17H18O3S/c1-10-8-19-14-5-4-13(7-15(14)20-9-10)17(18)16-6-11(2)12(3)21-16/h4-7,10H,8-9H2,1-3H3. The van der Waals surface area contributed by atoms with E-state index in [-0.39, 0.29) is 5.78 Å². The third-order valence-electron chi connectivity index (χ3n) is 3.64. The Labute approximate surface area is 128 Å². The van der Waals surface area contributed by atoms with E-state index in [0.717, 1.165) is 16.2 Å². The normalized spacial score (nSPS) is 17.4. The monoisotopic (exact) mass is 302 g/mol. The summed E-state index contributed by atoms with van der Waals surface area (Å²) in [5.74, 6) is 1.77. The summed E-state index contributed by atoms with van der Waals surface area (Å²) in [6.45, 7) is 7.39.